The van der Waals surface area contributed by atoms with Crippen LogP contribution in [0.5, 0.6) is 5.75 Å². The van der Waals surface area contributed by atoms with Crippen molar-refractivity contribution in [2.75, 3.05) is 9.80 Å². The largest absolute Gasteiger partial charge is 0.508 e. The zero-order chi connectivity index (χ0) is 40.3. The molecule has 3 fully saturated rings. The zero-order valence-electron chi connectivity index (χ0n) is 27.2. The van der Waals surface area contributed by atoms with Crippen molar-refractivity contribution < 1.29 is 77.0 Å². The van der Waals surface area contributed by atoms with E-state index in [1.54, 1.807) is 0 Å². The maximum atomic E-state index is 14.2. The first-order chi connectivity index (χ1) is 25.4. The number of hydrogen-bond acceptors (Lipinski definition) is 5. The number of imide groups is 2. The number of allylic oxidation sites excluding steroid dienone is 2. The summed E-state index contributed by atoms with van der Waals surface area (Å²) in [6.07, 6.45) is -20.9. The third-order valence-corrected chi connectivity index (χ3v) is 10.6. The number of fused-ring (bicyclic) bond motifs is 4. The molecule has 290 valence electrons. The molecule has 1 saturated carbocycles. The Bertz CT molecular complexity index is 2120. The van der Waals surface area contributed by atoms with Gasteiger partial charge in [0.15, 0.2) is 0 Å². The van der Waals surface area contributed by atoms with Gasteiger partial charge < -0.3 is 5.11 Å². The van der Waals surface area contributed by atoms with Crippen molar-refractivity contribution in [1.82, 2.24) is 0 Å². The molecule has 7 rings (SSSR count). The number of alkyl halides is 12. The SMILES string of the molecule is O=C1[C@H]2[C@H](CC=C3[C@H]2C[C@H]2C(=O)N(c4cc(C(F)(F)F)cc(C(F)(F)F)c4)C(=O)[C@H]2[C@H]3c2ccccc2O)C(=O)N1c1cc(C(F)(F)F)cc(C(F)(F)F)c1. The Morgan fingerprint density at radius 1 is 0.527 bits per heavy atom. The Labute approximate surface area is 300 Å². The molecule has 0 spiro atoms. The van der Waals surface area contributed by atoms with Gasteiger partial charge in [-0.2, -0.15) is 52.7 Å². The molecular weight excluding hydrogens is 768 g/mol. The molecule has 19 heteroatoms. The van der Waals surface area contributed by atoms with Crippen molar-refractivity contribution in [3.8, 4) is 5.75 Å². The molecule has 0 aromatic heterocycles. The summed E-state index contributed by atoms with van der Waals surface area (Å²) >= 11 is 0. The molecule has 4 aliphatic rings. The lowest BCUT2D eigenvalue weighted by atomic mass is 9.57. The van der Waals surface area contributed by atoms with Crippen LogP contribution < -0.4 is 9.80 Å². The van der Waals surface area contributed by atoms with Crippen LogP contribution in [0.15, 0.2) is 72.3 Å². The van der Waals surface area contributed by atoms with E-state index in [9.17, 15) is 77.0 Å². The number of rotatable bonds is 3. The van der Waals surface area contributed by atoms with Crippen LogP contribution in [-0.4, -0.2) is 28.7 Å². The van der Waals surface area contributed by atoms with Crippen LogP contribution in [0, 0.1) is 29.6 Å². The van der Waals surface area contributed by atoms with Gasteiger partial charge in [-0.3, -0.25) is 19.2 Å². The molecular formula is C36H22F12N2O5. The van der Waals surface area contributed by atoms with E-state index in [1.807, 2.05) is 0 Å². The second-order valence-corrected chi connectivity index (χ2v) is 13.6. The molecule has 2 heterocycles. The molecule has 1 N–H and O–H groups in total. The molecule has 4 amide bonds. The van der Waals surface area contributed by atoms with E-state index < -0.39 is 130 Å². The number of benzene rings is 3. The fourth-order valence-electron chi connectivity index (χ4n) is 8.33. The maximum absolute atomic E-state index is 14.2. The van der Waals surface area contributed by atoms with Crippen molar-refractivity contribution in [1.29, 1.82) is 0 Å². The highest BCUT2D eigenvalue weighted by Crippen LogP contribution is 2.60. The highest BCUT2D eigenvalue weighted by atomic mass is 19.4. The second kappa shape index (κ2) is 12.3. The minimum absolute atomic E-state index is 0.0451. The van der Waals surface area contributed by atoms with Gasteiger partial charge >= 0.3 is 24.7 Å². The average Bonchev–Trinajstić information content (AvgIpc) is 3.49. The first-order valence-corrected chi connectivity index (χ1v) is 16.2. The predicted molar refractivity (Wildman–Crippen MR) is 163 cm³/mol. The third-order valence-electron chi connectivity index (χ3n) is 10.6. The van der Waals surface area contributed by atoms with E-state index in [0.29, 0.717) is 0 Å². The highest BCUT2D eigenvalue weighted by Gasteiger charge is 2.63. The van der Waals surface area contributed by atoms with Gasteiger partial charge in [0.25, 0.3) is 0 Å². The van der Waals surface area contributed by atoms with Gasteiger partial charge in [0.1, 0.15) is 5.75 Å². The van der Waals surface area contributed by atoms with E-state index in [-0.39, 0.29) is 63.8 Å². The van der Waals surface area contributed by atoms with Crippen molar-refractivity contribution >= 4 is 35.0 Å². The van der Waals surface area contributed by atoms with Gasteiger partial charge in [-0.25, -0.2) is 9.80 Å². The Morgan fingerprint density at radius 3 is 1.38 bits per heavy atom. The third kappa shape index (κ3) is 6.20. The standard InChI is InChI=1S/C36H22F12N2O5/c37-33(38,39)14-7-15(34(40,41)42)10-18(9-14)49-29(52)22-6-5-20-23(27(22)31(49)54)13-24-28(26(20)21-3-1-2-4-25(21)51)32(55)50(30(24)53)19-11-16(35(43,44)45)8-17(12-19)36(46,47)48/h1-5,7-12,22-24,26-28,51H,6,13H2/t22-,23+,24+,26+,27-,28+/m0/s1. The first-order valence-electron chi connectivity index (χ1n) is 16.2. The summed E-state index contributed by atoms with van der Waals surface area (Å²) in [6.45, 7) is 0. The van der Waals surface area contributed by atoms with Crippen LogP contribution >= 0.6 is 0 Å². The Balaban J connectivity index is 1.34. The summed E-state index contributed by atoms with van der Waals surface area (Å²) in [5, 5.41) is 10.9. The van der Waals surface area contributed by atoms with Crippen molar-refractivity contribution in [2.24, 2.45) is 29.6 Å². The van der Waals surface area contributed by atoms with Gasteiger partial charge in [0, 0.05) is 11.5 Å². The number of halogens is 12. The second-order valence-electron chi connectivity index (χ2n) is 13.6. The summed E-state index contributed by atoms with van der Waals surface area (Å²) in [4.78, 5) is 56.4. The molecule has 0 unspecified atom stereocenters. The van der Waals surface area contributed by atoms with E-state index in [0.717, 1.165) is 0 Å². The lowest BCUT2D eigenvalue weighted by Gasteiger charge is -2.44. The van der Waals surface area contributed by atoms with Crippen LogP contribution in [-0.2, 0) is 43.9 Å². The number of phenols is 1. The zero-order valence-corrected chi connectivity index (χ0v) is 27.2. The number of hydrogen-bond donors (Lipinski definition) is 1. The number of para-hydroxylation sites is 1. The van der Waals surface area contributed by atoms with Crippen molar-refractivity contribution in [2.45, 2.75) is 43.5 Å². The fourth-order valence-corrected chi connectivity index (χ4v) is 8.33. The van der Waals surface area contributed by atoms with Gasteiger partial charge in [0.2, 0.25) is 23.6 Å². The Morgan fingerprint density at radius 2 is 0.945 bits per heavy atom. The minimum atomic E-state index is -5.36. The molecule has 55 heavy (non-hydrogen) atoms. The Kier molecular flexibility index (Phi) is 8.50. The van der Waals surface area contributed by atoms with Crippen molar-refractivity contribution in [3.63, 3.8) is 0 Å². The quantitative estimate of drug-likeness (QED) is 0.163. The number of phenolic OH excluding ortho intramolecular Hbond substituents is 1. The average molecular weight is 791 g/mol. The fraction of sp³-hybridized carbons (Fsp3) is 0.333. The summed E-state index contributed by atoms with van der Waals surface area (Å²) in [5.41, 5.74) is -9.30. The topological polar surface area (TPSA) is 95.0 Å². The van der Waals surface area contributed by atoms with E-state index in [4.69, 9.17) is 0 Å². The van der Waals surface area contributed by atoms with Crippen LogP contribution in [0.25, 0.3) is 0 Å². The molecule has 2 aliphatic carbocycles. The number of carbonyl (C=O) groups excluding carboxylic acids is 4. The van der Waals surface area contributed by atoms with Crippen molar-refractivity contribution in [3.05, 3.63) is 100 Å². The number of nitrogens with zero attached hydrogens (tertiary/aromatic N) is 2. The monoisotopic (exact) mass is 790 g/mol. The predicted octanol–water partition coefficient (Wildman–Crippen LogP) is 8.51. The Hall–Kier alpha value is -5.36. The van der Waals surface area contributed by atoms with E-state index in [2.05, 4.69) is 0 Å². The maximum Gasteiger partial charge on any atom is 0.416 e. The van der Waals surface area contributed by atoms with Crippen LogP contribution in [0.4, 0.5) is 64.1 Å². The molecule has 7 nitrogen and oxygen atoms in total. The molecule has 0 bridgehead atoms. The number of amides is 4. The summed E-state index contributed by atoms with van der Waals surface area (Å²) < 4.78 is 165. The lowest BCUT2D eigenvalue weighted by Crippen LogP contribution is -2.43. The number of aromatic hydroxyl groups is 1. The smallest absolute Gasteiger partial charge is 0.416 e. The van der Waals surface area contributed by atoms with Crippen LogP contribution in [0.3, 0.4) is 0 Å². The van der Waals surface area contributed by atoms with Gasteiger partial charge in [-0.15, -0.1) is 0 Å². The normalized spacial score (nSPS) is 25.9. The van der Waals surface area contributed by atoms with Crippen LogP contribution in [0.1, 0.15) is 46.6 Å². The highest BCUT2D eigenvalue weighted by molar-refractivity contribution is 6.24. The number of anilines is 2. The molecule has 0 radical (unpaired) electrons. The minimum Gasteiger partial charge on any atom is -0.508 e. The van der Waals surface area contributed by atoms with Gasteiger partial charge in [-0.05, 0) is 61.2 Å². The summed E-state index contributed by atoms with van der Waals surface area (Å²) in [6, 6.07) is 5.62. The van der Waals surface area contributed by atoms with Gasteiger partial charge in [-0.1, -0.05) is 29.8 Å². The van der Waals surface area contributed by atoms with E-state index in [1.165, 1.54) is 30.3 Å². The van der Waals surface area contributed by atoms with Crippen LogP contribution in [0.2, 0.25) is 0 Å². The summed E-state index contributed by atoms with van der Waals surface area (Å²) in [7, 11) is 0. The number of carbonyl (C=O) groups is 4. The van der Waals surface area contributed by atoms with E-state index >= 15 is 0 Å². The summed E-state index contributed by atoms with van der Waals surface area (Å²) in [5.74, 6) is -14.1. The van der Waals surface area contributed by atoms with Gasteiger partial charge in [0.05, 0.1) is 57.3 Å². The lowest BCUT2D eigenvalue weighted by molar-refractivity contribution is -0.144. The molecule has 3 aromatic rings. The first kappa shape index (κ1) is 37.9. The molecule has 2 aliphatic heterocycles. The molecule has 3 aromatic carbocycles. The molecule has 6 atom stereocenters. The molecule has 2 saturated heterocycles.